The van der Waals surface area contributed by atoms with Gasteiger partial charge in [0, 0.05) is 31.6 Å². The summed E-state index contributed by atoms with van der Waals surface area (Å²) >= 11 is 0. The van der Waals surface area contributed by atoms with Crippen molar-refractivity contribution >= 4 is 22.4 Å². The number of sulfonamides is 1. The molecule has 0 aromatic heterocycles. The molecule has 0 amide bonds. The summed E-state index contributed by atoms with van der Waals surface area (Å²) in [4.78, 5) is 0.378. The summed E-state index contributed by atoms with van der Waals surface area (Å²) in [5.74, 6) is 0.811. The standard InChI is InChI=1S/C14H20N2O3S.ClH/c1-10-11(2)16(7-6-15-10)20(17,18)13-3-4-14-12(9-13)5-8-19-14;/h3-4,9-11,15H,5-8H2,1-2H3;1H. The molecular weight excluding hydrogens is 312 g/mol. The number of benzene rings is 1. The number of halogens is 1. The van der Waals surface area contributed by atoms with Gasteiger partial charge in [0.25, 0.3) is 0 Å². The van der Waals surface area contributed by atoms with E-state index in [2.05, 4.69) is 5.32 Å². The highest BCUT2D eigenvalue weighted by molar-refractivity contribution is 7.89. The lowest BCUT2D eigenvalue weighted by molar-refractivity contribution is 0.233. The quantitative estimate of drug-likeness (QED) is 0.889. The first kappa shape index (κ1) is 16.5. The van der Waals surface area contributed by atoms with E-state index in [0.717, 1.165) is 17.7 Å². The molecule has 1 N–H and O–H groups in total. The summed E-state index contributed by atoms with van der Waals surface area (Å²) in [5.41, 5.74) is 0.988. The summed E-state index contributed by atoms with van der Waals surface area (Å²) in [7, 11) is -3.43. The number of nitrogens with zero attached hydrogens (tertiary/aromatic N) is 1. The van der Waals surface area contributed by atoms with Crippen LogP contribution < -0.4 is 10.1 Å². The largest absolute Gasteiger partial charge is 0.493 e. The first-order chi connectivity index (χ1) is 9.50. The zero-order chi connectivity index (χ0) is 14.3. The van der Waals surface area contributed by atoms with Crippen LogP contribution in [0.2, 0.25) is 0 Å². The maximum Gasteiger partial charge on any atom is 0.243 e. The van der Waals surface area contributed by atoms with Crippen molar-refractivity contribution in [2.24, 2.45) is 0 Å². The molecule has 0 saturated carbocycles. The Morgan fingerprint density at radius 3 is 2.86 bits per heavy atom. The normalized spacial score (nSPS) is 25.8. The third-order valence-electron chi connectivity index (χ3n) is 4.24. The number of ether oxygens (including phenoxy) is 1. The lowest BCUT2D eigenvalue weighted by Crippen LogP contribution is -2.57. The minimum atomic E-state index is -3.43. The molecule has 1 aromatic carbocycles. The van der Waals surface area contributed by atoms with Crippen molar-refractivity contribution in [2.75, 3.05) is 19.7 Å². The Bertz CT molecular complexity index is 621. The van der Waals surface area contributed by atoms with Crippen molar-refractivity contribution in [3.05, 3.63) is 23.8 Å². The molecule has 1 fully saturated rings. The van der Waals surface area contributed by atoms with Gasteiger partial charge in [-0.2, -0.15) is 4.31 Å². The van der Waals surface area contributed by atoms with Crippen LogP contribution in [0.4, 0.5) is 0 Å². The van der Waals surface area contributed by atoms with E-state index in [0.29, 0.717) is 24.6 Å². The summed E-state index contributed by atoms with van der Waals surface area (Å²) in [6.07, 6.45) is 0.784. The van der Waals surface area contributed by atoms with Gasteiger partial charge in [-0.05, 0) is 37.6 Å². The highest BCUT2D eigenvalue weighted by atomic mass is 35.5. The van der Waals surface area contributed by atoms with Crippen LogP contribution in [0.15, 0.2) is 23.1 Å². The molecule has 2 aliphatic heterocycles. The van der Waals surface area contributed by atoms with E-state index in [1.807, 2.05) is 13.8 Å². The van der Waals surface area contributed by atoms with Crippen LogP contribution in [0.25, 0.3) is 0 Å². The van der Waals surface area contributed by atoms with Crippen molar-refractivity contribution in [1.82, 2.24) is 9.62 Å². The molecule has 1 aromatic rings. The smallest absolute Gasteiger partial charge is 0.243 e. The van der Waals surface area contributed by atoms with Crippen molar-refractivity contribution in [1.29, 1.82) is 0 Å². The molecule has 5 nitrogen and oxygen atoms in total. The zero-order valence-corrected chi connectivity index (χ0v) is 13.8. The number of hydrogen-bond acceptors (Lipinski definition) is 4. The van der Waals surface area contributed by atoms with Crippen LogP contribution in [-0.2, 0) is 16.4 Å². The van der Waals surface area contributed by atoms with E-state index >= 15 is 0 Å². The second-order valence-electron chi connectivity index (χ2n) is 5.47. The maximum atomic E-state index is 12.8. The topological polar surface area (TPSA) is 58.6 Å². The molecule has 1 saturated heterocycles. The average molecular weight is 333 g/mol. The molecule has 2 aliphatic rings. The first-order valence-electron chi connectivity index (χ1n) is 7.01. The molecule has 0 aliphatic carbocycles. The van der Waals surface area contributed by atoms with Gasteiger partial charge in [-0.25, -0.2) is 8.42 Å². The summed E-state index contributed by atoms with van der Waals surface area (Å²) in [6.45, 7) is 5.81. The highest BCUT2D eigenvalue weighted by Gasteiger charge is 2.34. The predicted molar refractivity (Wildman–Crippen MR) is 83.7 cm³/mol. The minimum Gasteiger partial charge on any atom is -0.493 e. The summed E-state index contributed by atoms with van der Waals surface area (Å²) < 4.78 is 32.6. The number of nitrogens with one attached hydrogen (secondary N) is 1. The van der Waals surface area contributed by atoms with E-state index in [-0.39, 0.29) is 24.5 Å². The molecule has 118 valence electrons. The van der Waals surface area contributed by atoms with E-state index in [1.165, 1.54) is 0 Å². The molecule has 2 heterocycles. The number of rotatable bonds is 2. The molecule has 7 heteroatoms. The van der Waals surface area contributed by atoms with Gasteiger partial charge >= 0.3 is 0 Å². The molecule has 3 rings (SSSR count). The maximum absolute atomic E-state index is 12.8. The number of fused-ring (bicyclic) bond motifs is 1. The molecule has 0 radical (unpaired) electrons. The third kappa shape index (κ3) is 2.90. The summed E-state index contributed by atoms with van der Waals surface area (Å²) in [5, 5.41) is 3.30. The molecule has 2 unspecified atom stereocenters. The van der Waals surface area contributed by atoms with E-state index in [1.54, 1.807) is 22.5 Å². The second-order valence-corrected chi connectivity index (χ2v) is 7.36. The van der Waals surface area contributed by atoms with Crippen LogP contribution in [0.3, 0.4) is 0 Å². The van der Waals surface area contributed by atoms with E-state index in [9.17, 15) is 8.42 Å². The fourth-order valence-corrected chi connectivity index (χ4v) is 4.58. The molecule has 0 bridgehead atoms. The van der Waals surface area contributed by atoms with Gasteiger partial charge in [-0.1, -0.05) is 0 Å². The van der Waals surface area contributed by atoms with Crippen LogP contribution in [0.1, 0.15) is 19.4 Å². The van der Waals surface area contributed by atoms with Crippen LogP contribution >= 0.6 is 12.4 Å². The Morgan fingerprint density at radius 1 is 1.33 bits per heavy atom. The van der Waals surface area contributed by atoms with Gasteiger partial charge in [-0.3, -0.25) is 0 Å². The Kier molecular flexibility index (Phi) is 4.82. The van der Waals surface area contributed by atoms with Gasteiger partial charge in [0.15, 0.2) is 0 Å². The number of hydrogen-bond donors (Lipinski definition) is 1. The zero-order valence-electron chi connectivity index (χ0n) is 12.2. The predicted octanol–water partition coefficient (Wildman–Crippen LogP) is 1.41. The van der Waals surface area contributed by atoms with Gasteiger partial charge < -0.3 is 10.1 Å². The van der Waals surface area contributed by atoms with Gasteiger partial charge in [-0.15, -0.1) is 12.4 Å². The fraction of sp³-hybridized carbons (Fsp3) is 0.571. The Balaban J connectivity index is 0.00000161. The number of piperazine rings is 1. The van der Waals surface area contributed by atoms with Crippen LogP contribution in [-0.4, -0.2) is 44.5 Å². The molecule has 2 atom stereocenters. The van der Waals surface area contributed by atoms with Crippen LogP contribution in [0, 0.1) is 0 Å². The molecular formula is C14H21ClN2O3S. The molecule has 21 heavy (non-hydrogen) atoms. The Morgan fingerprint density at radius 2 is 2.10 bits per heavy atom. The Hall–Kier alpha value is -0.820. The van der Waals surface area contributed by atoms with Crippen molar-refractivity contribution < 1.29 is 13.2 Å². The van der Waals surface area contributed by atoms with Gasteiger partial charge in [0.05, 0.1) is 11.5 Å². The molecule has 0 spiro atoms. The Labute approximate surface area is 132 Å². The van der Waals surface area contributed by atoms with Crippen LogP contribution in [0.5, 0.6) is 5.75 Å². The van der Waals surface area contributed by atoms with Gasteiger partial charge in [0.1, 0.15) is 5.75 Å². The SMILES string of the molecule is CC1NCCN(S(=O)(=O)c2ccc3c(c2)CCO3)C1C.Cl. The van der Waals surface area contributed by atoms with E-state index < -0.39 is 10.0 Å². The van der Waals surface area contributed by atoms with Crippen molar-refractivity contribution in [3.63, 3.8) is 0 Å². The summed E-state index contributed by atoms with van der Waals surface area (Å²) in [6, 6.07) is 5.30. The van der Waals surface area contributed by atoms with Gasteiger partial charge in [0.2, 0.25) is 10.0 Å². The van der Waals surface area contributed by atoms with Crippen molar-refractivity contribution in [2.45, 2.75) is 37.2 Å². The lowest BCUT2D eigenvalue weighted by Gasteiger charge is -2.37. The van der Waals surface area contributed by atoms with E-state index in [4.69, 9.17) is 4.74 Å². The van der Waals surface area contributed by atoms with Crippen molar-refractivity contribution in [3.8, 4) is 5.75 Å². The lowest BCUT2D eigenvalue weighted by atomic mass is 10.1. The third-order valence-corrected chi connectivity index (χ3v) is 6.23. The highest BCUT2D eigenvalue weighted by Crippen LogP contribution is 2.30. The monoisotopic (exact) mass is 332 g/mol. The second kappa shape index (κ2) is 6.12. The minimum absolute atomic E-state index is 0. The fourth-order valence-electron chi connectivity index (χ4n) is 2.82. The first-order valence-corrected chi connectivity index (χ1v) is 8.45. The average Bonchev–Trinajstić information content (AvgIpc) is 2.89.